The van der Waals surface area contributed by atoms with Gasteiger partial charge >= 0.3 is 5.97 Å². The number of aromatic nitrogens is 1. The Kier molecular flexibility index (Phi) is 5.39. The summed E-state index contributed by atoms with van der Waals surface area (Å²) in [6, 6.07) is 3.01. The van der Waals surface area contributed by atoms with Gasteiger partial charge in [0, 0.05) is 21.6 Å². The van der Waals surface area contributed by atoms with Crippen LogP contribution in [0.4, 0.5) is 5.00 Å². The largest absolute Gasteiger partial charge is 0.462 e. The minimum absolute atomic E-state index is 0.122. The van der Waals surface area contributed by atoms with Crippen molar-refractivity contribution in [2.45, 2.75) is 32.7 Å². The van der Waals surface area contributed by atoms with Crippen LogP contribution in [0.1, 0.15) is 34.1 Å². The van der Waals surface area contributed by atoms with Crippen LogP contribution in [0.25, 0.3) is 0 Å². The highest BCUT2D eigenvalue weighted by atomic mass is 79.9. The zero-order valence-electron chi connectivity index (χ0n) is 13.6. The molecule has 0 spiro atoms. The molecule has 0 radical (unpaired) electrons. The maximum Gasteiger partial charge on any atom is 0.341 e. The summed E-state index contributed by atoms with van der Waals surface area (Å²) < 4.78 is 7.16. The van der Waals surface area contributed by atoms with Crippen molar-refractivity contribution in [1.82, 2.24) is 4.57 Å². The van der Waals surface area contributed by atoms with Crippen molar-refractivity contribution >= 4 is 44.1 Å². The third-order valence-corrected chi connectivity index (χ3v) is 5.59. The average molecular weight is 425 g/mol. The molecule has 1 N–H and O–H groups in total. The molecule has 1 aliphatic rings. The molecule has 0 saturated heterocycles. The number of rotatable bonds is 5. The highest BCUT2D eigenvalue weighted by molar-refractivity contribution is 9.10. The van der Waals surface area contributed by atoms with Gasteiger partial charge in [0.15, 0.2) is 0 Å². The number of fused-ring (bicyclic) bond motifs is 1. The number of anilines is 1. The van der Waals surface area contributed by atoms with Crippen LogP contribution in [0.2, 0.25) is 0 Å². The number of halogens is 1. The minimum atomic E-state index is -0.406. The van der Waals surface area contributed by atoms with Crippen LogP contribution in [0.3, 0.4) is 0 Å². The number of hydrogen-bond acceptors (Lipinski definition) is 5. The first-order valence-corrected chi connectivity index (χ1v) is 9.58. The van der Waals surface area contributed by atoms with Crippen LogP contribution in [-0.4, -0.2) is 23.1 Å². The van der Waals surface area contributed by atoms with E-state index in [1.165, 1.54) is 22.0 Å². The second-order valence-corrected chi connectivity index (χ2v) is 7.66. The first-order valence-electron chi connectivity index (χ1n) is 7.97. The molecule has 0 bridgehead atoms. The number of carbonyl (C=O) groups is 2. The molecule has 2 heterocycles. The van der Waals surface area contributed by atoms with Crippen molar-refractivity contribution in [2.75, 3.05) is 11.9 Å². The summed E-state index contributed by atoms with van der Waals surface area (Å²) in [4.78, 5) is 37.6. The van der Waals surface area contributed by atoms with E-state index in [4.69, 9.17) is 4.74 Å². The van der Waals surface area contributed by atoms with Gasteiger partial charge in [-0.15, -0.1) is 11.3 Å². The zero-order chi connectivity index (χ0) is 18.0. The molecule has 1 amide bonds. The van der Waals surface area contributed by atoms with E-state index in [-0.39, 0.29) is 24.6 Å². The number of pyridine rings is 1. The SMILES string of the molecule is CCOC(=O)c1c(NC(=O)Cn2cc(Br)ccc2=O)sc2c1CCC2. The lowest BCUT2D eigenvalue weighted by Crippen LogP contribution is -2.27. The van der Waals surface area contributed by atoms with Gasteiger partial charge in [-0.25, -0.2) is 4.79 Å². The predicted octanol–water partition coefficient (Wildman–Crippen LogP) is 2.98. The fraction of sp³-hybridized carbons (Fsp3) is 0.353. The van der Waals surface area contributed by atoms with Crippen molar-refractivity contribution in [2.24, 2.45) is 0 Å². The van der Waals surface area contributed by atoms with E-state index < -0.39 is 5.97 Å². The second kappa shape index (κ2) is 7.53. The Morgan fingerprint density at radius 2 is 2.16 bits per heavy atom. The molecule has 0 unspecified atom stereocenters. The van der Waals surface area contributed by atoms with Crippen molar-refractivity contribution < 1.29 is 14.3 Å². The molecule has 132 valence electrons. The number of thiophene rings is 1. The van der Waals surface area contributed by atoms with Crippen LogP contribution >= 0.6 is 27.3 Å². The maximum atomic E-state index is 12.4. The van der Waals surface area contributed by atoms with Gasteiger partial charge in [0.25, 0.3) is 5.56 Å². The minimum Gasteiger partial charge on any atom is -0.462 e. The second-order valence-electron chi connectivity index (χ2n) is 5.64. The summed E-state index contributed by atoms with van der Waals surface area (Å²) in [5.74, 6) is -0.762. The van der Waals surface area contributed by atoms with Gasteiger partial charge in [0.1, 0.15) is 11.5 Å². The topological polar surface area (TPSA) is 77.4 Å². The number of aryl methyl sites for hydroxylation is 1. The van der Waals surface area contributed by atoms with Crippen LogP contribution in [0.15, 0.2) is 27.6 Å². The van der Waals surface area contributed by atoms with Crippen molar-refractivity contribution in [1.29, 1.82) is 0 Å². The Hall–Kier alpha value is -1.93. The van der Waals surface area contributed by atoms with E-state index in [1.807, 2.05) is 0 Å². The number of amides is 1. The summed E-state index contributed by atoms with van der Waals surface area (Å²) in [5.41, 5.74) is 1.19. The standard InChI is InChI=1S/C17H17BrN2O4S/c1-2-24-17(23)15-11-4-3-5-12(11)25-16(15)19-13(21)9-20-8-10(18)6-7-14(20)22/h6-8H,2-5,9H2,1H3,(H,19,21). The van der Waals surface area contributed by atoms with Gasteiger partial charge in [-0.1, -0.05) is 0 Å². The van der Waals surface area contributed by atoms with E-state index >= 15 is 0 Å². The summed E-state index contributed by atoms with van der Waals surface area (Å²) in [6.07, 6.45) is 4.30. The Morgan fingerprint density at radius 1 is 1.36 bits per heavy atom. The van der Waals surface area contributed by atoms with Gasteiger partial charge in [-0.3, -0.25) is 9.59 Å². The highest BCUT2D eigenvalue weighted by Gasteiger charge is 2.28. The van der Waals surface area contributed by atoms with Gasteiger partial charge in [0.2, 0.25) is 5.91 Å². The van der Waals surface area contributed by atoms with Gasteiger partial charge in [-0.2, -0.15) is 0 Å². The molecule has 3 rings (SSSR count). The van der Waals surface area contributed by atoms with Crippen LogP contribution in [0, 0.1) is 0 Å². The summed E-state index contributed by atoms with van der Waals surface area (Å²) in [6.45, 7) is 1.91. The Morgan fingerprint density at radius 3 is 2.92 bits per heavy atom. The van der Waals surface area contributed by atoms with Gasteiger partial charge < -0.3 is 14.6 Å². The smallest absolute Gasteiger partial charge is 0.341 e. The Bertz CT molecular complexity index is 887. The molecule has 6 nitrogen and oxygen atoms in total. The van der Waals surface area contributed by atoms with Crippen LogP contribution in [-0.2, 0) is 28.9 Å². The summed E-state index contributed by atoms with van der Waals surface area (Å²) >= 11 is 4.70. The molecule has 0 aromatic carbocycles. The lowest BCUT2D eigenvalue weighted by atomic mass is 10.1. The molecule has 8 heteroatoms. The maximum absolute atomic E-state index is 12.4. The number of carbonyl (C=O) groups excluding carboxylic acids is 2. The number of nitrogens with one attached hydrogen (secondary N) is 1. The molecule has 0 fully saturated rings. The van der Waals surface area contributed by atoms with Gasteiger partial charge in [-0.05, 0) is 53.7 Å². The van der Waals surface area contributed by atoms with E-state index in [2.05, 4.69) is 21.2 Å². The van der Waals surface area contributed by atoms with E-state index in [9.17, 15) is 14.4 Å². The predicted molar refractivity (Wildman–Crippen MR) is 99.3 cm³/mol. The first kappa shape index (κ1) is 17.9. The van der Waals surface area contributed by atoms with E-state index in [0.717, 1.165) is 29.7 Å². The van der Waals surface area contributed by atoms with Crippen molar-refractivity contribution in [3.8, 4) is 0 Å². The van der Waals surface area contributed by atoms with Crippen LogP contribution < -0.4 is 10.9 Å². The molecule has 1 aliphatic carbocycles. The Labute approximate surface area is 156 Å². The summed E-state index contributed by atoms with van der Waals surface area (Å²) in [7, 11) is 0. The normalized spacial score (nSPS) is 12.7. The highest BCUT2D eigenvalue weighted by Crippen LogP contribution is 2.39. The molecule has 0 aliphatic heterocycles. The fourth-order valence-electron chi connectivity index (χ4n) is 2.86. The molecule has 0 atom stereocenters. The fourth-order valence-corrected chi connectivity index (χ4v) is 4.53. The quantitative estimate of drug-likeness (QED) is 0.748. The lowest BCUT2D eigenvalue weighted by molar-refractivity contribution is -0.116. The molecule has 2 aromatic heterocycles. The molecule has 2 aromatic rings. The first-order chi connectivity index (χ1) is 12.0. The number of esters is 1. The zero-order valence-corrected chi connectivity index (χ0v) is 16.0. The van der Waals surface area contributed by atoms with Crippen molar-refractivity contribution in [3.63, 3.8) is 0 Å². The van der Waals surface area contributed by atoms with Crippen molar-refractivity contribution in [3.05, 3.63) is 49.2 Å². The Balaban J connectivity index is 1.83. The average Bonchev–Trinajstić information content (AvgIpc) is 3.11. The third kappa shape index (κ3) is 3.85. The number of hydrogen-bond donors (Lipinski definition) is 1. The number of nitrogens with zero attached hydrogens (tertiary/aromatic N) is 1. The third-order valence-electron chi connectivity index (χ3n) is 3.92. The van der Waals surface area contributed by atoms with E-state index in [0.29, 0.717) is 15.0 Å². The molecular formula is C17H17BrN2O4S. The lowest BCUT2D eigenvalue weighted by Gasteiger charge is -2.09. The molecule has 0 saturated carbocycles. The number of ether oxygens (including phenoxy) is 1. The monoisotopic (exact) mass is 424 g/mol. The summed E-state index contributed by atoms with van der Waals surface area (Å²) in [5, 5.41) is 3.29. The molecular weight excluding hydrogens is 408 g/mol. The van der Waals surface area contributed by atoms with E-state index in [1.54, 1.807) is 19.2 Å². The van der Waals surface area contributed by atoms with Gasteiger partial charge in [0.05, 0.1) is 12.2 Å². The van der Waals surface area contributed by atoms with Crippen LogP contribution in [0.5, 0.6) is 0 Å². The molecule has 25 heavy (non-hydrogen) atoms.